The van der Waals surface area contributed by atoms with E-state index in [1.807, 2.05) is 17.9 Å². The van der Waals surface area contributed by atoms with Crippen molar-refractivity contribution in [1.29, 1.82) is 5.26 Å². The van der Waals surface area contributed by atoms with Crippen LogP contribution in [0.2, 0.25) is 0 Å². The van der Waals surface area contributed by atoms with Gasteiger partial charge in [0.05, 0.1) is 12.7 Å². The molecule has 0 saturated carbocycles. The Morgan fingerprint density at radius 3 is 3.00 bits per heavy atom. The van der Waals surface area contributed by atoms with Crippen molar-refractivity contribution in [3.63, 3.8) is 0 Å². The molecule has 6 heteroatoms. The van der Waals surface area contributed by atoms with Gasteiger partial charge in [0.25, 0.3) is 0 Å². The lowest BCUT2D eigenvalue weighted by Crippen LogP contribution is -2.33. The number of pyridine rings is 1. The third-order valence-electron chi connectivity index (χ3n) is 2.81. The summed E-state index contributed by atoms with van der Waals surface area (Å²) in [5.41, 5.74) is 0.486. The highest BCUT2D eigenvalue weighted by Crippen LogP contribution is 1.97. The second-order valence-electron chi connectivity index (χ2n) is 3.97. The Bertz CT molecular complexity index is 621. The summed E-state index contributed by atoms with van der Waals surface area (Å²) in [4.78, 5) is 14.0. The van der Waals surface area contributed by atoms with Crippen LogP contribution < -0.4 is 5.69 Å². The standard InChI is InChI=1S/C12H15N5O/c1-2-15(8-5-7-13)10-17-12(18)16-9-4-3-6-11(16)14-17/h3-4,6,9H,2,5,8,10H2,1H3. The van der Waals surface area contributed by atoms with Crippen LogP contribution in [0.5, 0.6) is 0 Å². The predicted octanol–water partition coefficient (Wildman–Crippen LogP) is 0.689. The van der Waals surface area contributed by atoms with E-state index in [0.717, 1.165) is 6.54 Å². The number of hydrogen-bond acceptors (Lipinski definition) is 4. The van der Waals surface area contributed by atoms with Crippen molar-refractivity contribution in [2.75, 3.05) is 13.1 Å². The number of aromatic nitrogens is 3. The average Bonchev–Trinajstić information content (AvgIpc) is 2.72. The molecule has 2 heterocycles. The molecule has 0 amide bonds. The summed E-state index contributed by atoms with van der Waals surface area (Å²) in [6.07, 6.45) is 2.16. The number of nitrogens with zero attached hydrogens (tertiary/aromatic N) is 5. The van der Waals surface area contributed by atoms with Gasteiger partial charge >= 0.3 is 5.69 Å². The van der Waals surface area contributed by atoms with Crippen molar-refractivity contribution >= 4 is 5.65 Å². The van der Waals surface area contributed by atoms with Gasteiger partial charge in [-0.1, -0.05) is 13.0 Å². The molecule has 0 fully saturated rings. The maximum atomic E-state index is 12.0. The minimum Gasteiger partial charge on any atom is -0.283 e. The molecule has 0 aliphatic carbocycles. The van der Waals surface area contributed by atoms with Crippen LogP contribution in [-0.2, 0) is 6.67 Å². The molecule has 0 aliphatic rings. The molecule has 0 saturated heterocycles. The van der Waals surface area contributed by atoms with Crippen LogP contribution >= 0.6 is 0 Å². The van der Waals surface area contributed by atoms with Gasteiger partial charge in [-0.05, 0) is 18.7 Å². The number of rotatable bonds is 5. The van der Waals surface area contributed by atoms with Crippen LogP contribution in [0.3, 0.4) is 0 Å². The normalized spacial score (nSPS) is 10.9. The molecule has 0 aromatic carbocycles. The van der Waals surface area contributed by atoms with E-state index in [2.05, 4.69) is 11.2 Å². The fourth-order valence-corrected chi connectivity index (χ4v) is 1.79. The second-order valence-corrected chi connectivity index (χ2v) is 3.97. The Morgan fingerprint density at radius 1 is 1.50 bits per heavy atom. The lowest BCUT2D eigenvalue weighted by molar-refractivity contribution is 0.219. The van der Waals surface area contributed by atoms with Gasteiger partial charge in [-0.3, -0.25) is 9.30 Å². The molecule has 2 aromatic rings. The van der Waals surface area contributed by atoms with Crippen molar-refractivity contribution < 1.29 is 0 Å². The van der Waals surface area contributed by atoms with Crippen LogP contribution in [0.1, 0.15) is 13.3 Å². The first kappa shape index (κ1) is 12.3. The van der Waals surface area contributed by atoms with Gasteiger partial charge < -0.3 is 0 Å². The van der Waals surface area contributed by atoms with Crippen molar-refractivity contribution in [2.45, 2.75) is 20.0 Å². The van der Waals surface area contributed by atoms with Gasteiger partial charge in [-0.2, -0.15) is 9.94 Å². The summed E-state index contributed by atoms with van der Waals surface area (Å²) >= 11 is 0. The van der Waals surface area contributed by atoms with Gasteiger partial charge in [0.2, 0.25) is 0 Å². The van der Waals surface area contributed by atoms with Gasteiger partial charge in [-0.25, -0.2) is 4.79 Å². The molecule has 0 atom stereocenters. The Balaban J connectivity index is 2.23. The van der Waals surface area contributed by atoms with Crippen LogP contribution in [-0.4, -0.2) is 32.2 Å². The fraction of sp³-hybridized carbons (Fsp3) is 0.417. The maximum Gasteiger partial charge on any atom is 0.351 e. The highest BCUT2D eigenvalue weighted by Gasteiger charge is 2.09. The molecule has 0 radical (unpaired) electrons. The smallest absolute Gasteiger partial charge is 0.283 e. The third kappa shape index (κ3) is 2.41. The molecule has 94 valence electrons. The molecule has 6 nitrogen and oxygen atoms in total. The summed E-state index contributed by atoms with van der Waals surface area (Å²) in [5, 5.41) is 12.8. The molecule has 2 rings (SSSR count). The molecule has 0 N–H and O–H groups in total. The molecule has 0 unspecified atom stereocenters. The average molecular weight is 245 g/mol. The predicted molar refractivity (Wildman–Crippen MR) is 66.9 cm³/mol. The highest BCUT2D eigenvalue weighted by atomic mass is 16.2. The van der Waals surface area contributed by atoms with Crippen LogP contribution in [0.15, 0.2) is 29.2 Å². The third-order valence-corrected chi connectivity index (χ3v) is 2.81. The van der Waals surface area contributed by atoms with E-state index in [4.69, 9.17) is 5.26 Å². The largest absolute Gasteiger partial charge is 0.351 e. The summed E-state index contributed by atoms with van der Waals surface area (Å²) in [6.45, 7) is 3.84. The van der Waals surface area contributed by atoms with E-state index in [9.17, 15) is 4.79 Å². The van der Waals surface area contributed by atoms with Gasteiger partial charge in [0.1, 0.15) is 0 Å². The first-order chi connectivity index (χ1) is 8.76. The van der Waals surface area contributed by atoms with Crippen LogP contribution in [0.4, 0.5) is 0 Å². The zero-order valence-electron chi connectivity index (χ0n) is 10.3. The Hall–Kier alpha value is -2.13. The van der Waals surface area contributed by atoms with E-state index >= 15 is 0 Å². The number of hydrogen-bond donors (Lipinski definition) is 0. The monoisotopic (exact) mass is 245 g/mol. The molecular formula is C12H15N5O. The lowest BCUT2D eigenvalue weighted by Gasteiger charge is -2.17. The molecule has 0 aliphatic heterocycles. The Labute approximate surface area is 105 Å². The minimum absolute atomic E-state index is 0.152. The SMILES string of the molecule is CCN(CCC#N)Cn1nc2ccccn2c1=O. The van der Waals surface area contributed by atoms with E-state index in [-0.39, 0.29) is 5.69 Å². The molecule has 0 spiro atoms. The summed E-state index contributed by atoms with van der Waals surface area (Å²) in [7, 11) is 0. The zero-order chi connectivity index (χ0) is 13.0. The second kappa shape index (κ2) is 5.47. The van der Waals surface area contributed by atoms with E-state index < -0.39 is 0 Å². The van der Waals surface area contributed by atoms with E-state index in [0.29, 0.717) is 25.3 Å². The van der Waals surface area contributed by atoms with Crippen LogP contribution in [0, 0.1) is 11.3 Å². The first-order valence-corrected chi connectivity index (χ1v) is 5.89. The lowest BCUT2D eigenvalue weighted by atomic mass is 10.4. The minimum atomic E-state index is -0.152. The van der Waals surface area contributed by atoms with Crippen molar-refractivity contribution in [3.8, 4) is 6.07 Å². The molecule has 18 heavy (non-hydrogen) atoms. The summed E-state index contributed by atoms with van der Waals surface area (Å²) in [6, 6.07) is 7.55. The molecule has 2 aromatic heterocycles. The topological polar surface area (TPSA) is 66.3 Å². The Kier molecular flexibility index (Phi) is 3.75. The first-order valence-electron chi connectivity index (χ1n) is 5.89. The summed E-state index contributed by atoms with van der Waals surface area (Å²) in [5.74, 6) is 0. The zero-order valence-corrected chi connectivity index (χ0v) is 10.3. The maximum absolute atomic E-state index is 12.0. The quantitative estimate of drug-likeness (QED) is 0.777. The van der Waals surface area contributed by atoms with Crippen molar-refractivity contribution in [1.82, 2.24) is 19.1 Å². The molecule has 0 bridgehead atoms. The van der Waals surface area contributed by atoms with E-state index in [1.54, 1.807) is 18.3 Å². The van der Waals surface area contributed by atoms with E-state index in [1.165, 1.54) is 9.08 Å². The van der Waals surface area contributed by atoms with Gasteiger partial charge in [0, 0.05) is 19.2 Å². The Morgan fingerprint density at radius 2 is 2.33 bits per heavy atom. The number of nitriles is 1. The molecular weight excluding hydrogens is 230 g/mol. The number of fused-ring (bicyclic) bond motifs is 1. The van der Waals surface area contributed by atoms with Crippen molar-refractivity contribution in [2.24, 2.45) is 0 Å². The fourth-order valence-electron chi connectivity index (χ4n) is 1.79. The van der Waals surface area contributed by atoms with Crippen LogP contribution in [0.25, 0.3) is 5.65 Å². The highest BCUT2D eigenvalue weighted by molar-refractivity contribution is 5.35. The summed E-state index contributed by atoms with van der Waals surface area (Å²) < 4.78 is 2.94. The van der Waals surface area contributed by atoms with Crippen molar-refractivity contribution in [3.05, 3.63) is 34.9 Å². The van der Waals surface area contributed by atoms with Gasteiger partial charge in [0.15, 0.2) is 5.65 Å². The van der Waals surface area contributed by atoms with Gasteiger partial charge in [-0.15, -0.1) is 5.10 Å².